The van der Waals surface area contributed by atoms with Gasteiger partial charge in [0.15, 0.2) is 0 Å². The van der Waals surface area contributed by atoms with Crippen LogP contribution in [0, 0.1) is 0 Å². The topological polar surface area (TPSA) is 0 Å². The molecule has 0 spiro atoms. The van der Waals surface area contributed by atoms with E-state index in [0.717, 1.165) is 5.57 Å². The molecule has 1 aromatic rings. The van der Waals surface area contributed by atoms with Crippen molar-refractivity contribution in [1.82, 2.24) is 0 Å². The van der Waals surface area contributed by atoms with Gasteiger partial charge >= 0.3 is 0 Å². The lowest BCUT2D eigenvalue weighted by atomic mass is 9.97. The highest BCUT2D eigenvalue weighted by Crippen LogP contribution is 2.43. The summed E-state index contributed by atoms with van der Waals surface area (Å²) in [5, 5.41) is 0. The third-order valence-electron chi connectivity index (χ3n) is 3.15. The first-order valence-corrected chi connectivity index (χ1v) is 6.49. The zero-order valence-corrected chi connectivity index (χ0v) is 11.9. The Morgan fingerprint density at radius 1 is 1.11 bits per heavy atom. The summed E-state index contributed by atoms with van der Waals surface area (Å²) < 4.78 is 0. The van der Waals surface area contributed by atoms with E-state index >= 15 is 0 Å². The molecule has 19 heavy (non-hydrogen) atoms. The molecule has 0 unspecified atom stereocenters. The number of fused-ring (bicyclic) bond motifs is 1. The number of benzene rings is 1. The molecule has 0 aliphatic heterocycles. The summed E-state index contributed by atoms with van der Waals surface area (Å²) in [4.78, 5) is 0. The van der Waals surface area contributed by atoms with E-state index in [1.54, 1.807) is 0 Å². The SMILES string of the molecule is C.C=C/C(=C/C)C1=C(C)c2ccccc2C1=C.CC. The second kappa shape index (κ2) is 7.58. The third-order valence-corrected chi connectivity index (χ3v) is 3.15. The Hall–Kier alpha value is -1.82. The van der Waals surface area contributed by atoms with Crippen LogP contribution in [0.25, 0.3) is 11.1 Å². The van der Waals surface area contributed by atoms with Crippen LogP contribution in [0.3, 0.4) is 0 Å². The van der Waals surface area contributed by atoms with E-state index in [9.17, 15) is 0 Å². The van der Waals surface area contributed by atoms with E-state index in [4.69, 9.17) is 0 Å². The van der Waals surface area contributed by atoms with Crippen LogP contribution in [0.2, 0.25) is 0 Å². The van der Waals surface area contributed by atoms with E-state index in [1.165, 1.54) is 27.8 Å². The highest BCUT2D eigenvalue weighted by Gasteiger charge is 2.22. The monoisotopic (exact) mass is 254 g/mol. The number of rotatable bonds is 2. The minimum Gasteiger partial charge on any atom is -0.0985 e. The van der Waals surface area contributed by atoms with Gasteiger partial charge in [0.2, 0.25) is 0 Å². The molecule has 102 valence electrons. The van der Waals surface area contributed by atoms with Crippen LogP contribution >= 0.6 is 0 Å². The Morgan fingerprint density at radius 3 is 2.05 bits per heavy atom. The van der Waals surface area contributed by atoms with Gasteiger partial charge in [-0.1, -0.05) is 70.8 Å². The van der Waals surface area contributed by atoms with Gasteiger partial charge in [-0.2, -0.15) is 0 Å². The lowest BCUT2D eigenvalue weighted by Gasteiger charge is -2.06. The van der Waals surface area contributed by atoms with Gasteiger partial charge < -0.3 is 0 Å². The minimum absolute atomic E-state index is 0. The molecule has 0 atom stereocenters. The molecule has 0 saturated carbocycles. The largest absolute Gasteiger partial charge is 0.0985 e. The van der Waals surface area contributed by atoms with Crippen molar-refractivity contribution in [2.24, 2.45) is 0 Å². The van der Waals surface area contributed by atoms with Crippen molar-refractivity contribution in [2.75, 3.05) is 0 Å². The van der Waals surface area contributed by atoms with Crippen LogP contribution in [0.5, 0.6) is 0 Å². The molecule has 0 radical (unpaired) electrons. The van der Waals surface area contributed by atoms with E-state index in [-0.39, 0.29) is 7.43 Å². The zero-order valence-electron chi connectivity index (χ0n) is 11.9. The summed E-state index contributed by atoms with van der Waals surface area (Å²) in [6.07, 6.45) is 3.98. The Bertz CT molecular complexity index is 525. The van der Waals surface area contributed by atoms with Crippen LogP contribution in [0.15, 0.2) is 60.7 Å². The van der Waals surface area contributed by atoms with E-state index in [0.29, 0.717) is 0 Å². The van der Waals surface area contributed by atoms with Crippen molar-refractivity contribution in [2.45, 2.75) is 35.1 Å². The molecule has 0 fully saturated rings. The maximum atomic E-state index is 4.20. The number of hydrogen-bond donors (Lipinski definition) is 0. The fourth-order valence-corrected chi connectivity index (χ4v) is 2.32. The van der Waals surface area contributed by atoms with E-state index in [1.807, 2.05) is 26.8 Å². The van der Waals surface area contributed by atoms with Gasteiger partial charge in [0.05, 0.1) is 0 Å². The molecule has 0 bridgehead atoms. The fraction of sp³-hybridized carbons (Fsp3) is 0.263. The quantitative estimate of drug-likeness (QED) is 0.545. The second-order valence-corrected chi connectivity index (χ2v) is 3.97. The van der Waals surface area contributed by atoms with Crippen molar-refractivity contribution in [3.8, 4) is 0 Å². The van der Waals surface area contributed by atoms with Gasteiger partial charge in [0.1, 0.15) is 0 Å². The van der Waals surface area contributed by atoms with Gasteiger partial charge in [-0.05, 0) is 47.3 Å². The van der Waals surface area contributed by atoms with Gasteiger partial charge in [-0.3, -0.25) is 0 Å². The van der Waals surface area contributed by atoms with E-state index in [2.05, 4.69) is 50.4 Å². The Morgan fingerprint density at radius 2 is 1.63 bits per heavy atom. The second-order valence-electron chi connectivity index (χ2n) is 3.97. The molecule has 0 aromatic heterocycles. The molecule has 0 nitrogen and oxygen atoms in total. The summed E-state index contributed by atoms with van der Waals surface area (Å²) in [5.74, 6) is 0. The Kier molecular flexibility index (Phi) is 6.85. The molecule has 1 aliphatic carbocycles. The molecule has 0 N–H and O–H groups in total. The summed E-state index contributed by atoms with van der Waals surface area (Å²) >= 11 is 0. The summed E-state index contributed by atoms with van der Waals surface area (Å²) in [6.45, 7) is 16.2. The Labute approximate surface area is 118 Å². The van der Waals surface area contributed by atoms with Crippen molar-refractivity contribution in [3.05, 3.63) is 71.8 Å². The van der Waals surface area contributed by atoms with E-state index < -0.39 is 0 Å². The lowest BCUT2D eigenvalue weighted by Crippen LogP contribution is -1.86. The van der Waals surface area contributed by atoms with Crippen LogP contribution in [-0.2, 0) is 0 Å². The summed E-state index contributed by atoms with van der Waals surface area (Å²) in [5.41, 5.74) is 7.35. The minimum atomic E-state index is 0. The van der Waals surface area contributed by atoms with Gasteiger partial charge in [-0.25, -0.2) is 0 Å². The van der Waals surface area contributed by atoms with Crippen LogP contribution in [-0.4, -0.2) is 0 Å². The van der Waals surface area contributed by atoms with Gasteiger partial charge in [0, 0.05) is 0 Å². The van der Waals surface area contributed by atoms with Crippen molar-refractivity contribution < 1.29 is 0 Å². The summed E-state index contributed by atoms with van der Waals surface area (Å²) in [6, 6.07) is 8.41. The van der Waals surface area contributed by atoms with Crippen molar-refractivity contribution in [1.29, 1.82) is 0 Å². The zero-order chi connectivity index (χ0) is 13.7. The first-order valence-electron chi connectivity index (χ1n) is 6.49. The standard InChI is InChI=1S/C16H16.C2H6.CH4/c1-5-13(6-2)16-11(3)14-9-7-8-10-15(14)12(16)4;1-2;/h5-10H,1,3H2,2,4H3;1-2H3;1H4/b13-6-;;. The molecule has 0 heterocycles. The van der Waals surface area contributed by atoms with Gasteiger partial charge in [-0.15, -0.1) is 0 Å². The van der Waals surface area contributed by atoms with Gasteiger partial charge in [0.25, 0.3) is 0 Å². The van der Waals surface area contributed by atoms with Crippen molar-refractivity contribution >= 4 is 11.1 Å². The van der Waals surface area contributed by atoms with Crippen LogP contribution in [0.1, 0.15) is 46.2 Å². The molecule has 1 aromatic carbocycles. The van der Waals surface area contributed by atoms with Crippen LogP contribution < -0.4 is 0 Å². The average Bonchev–Trinajstić information content (AvgIpc) is 2.68. The maximum Gasteiger partial charge on any atom is -0.00792 e. The maximum absolute atomic E-state index is 4.20. The predicted octanol–water partition coefficient (Wildman–Crippen LogP) is 6.28. The average molecular weight is 254 g/mol. The number of hydrogen-bond acceptors (Lipinski definition) is 0. The number of allylic oxidation sites excluding steroid dienone is 6. The fourth-order valence-electron chi connectivity index (χ4n) is 2.32. The molecule has 0 saturated heterocycles. The first kappa shape index (κ1) is 17.2. The van der Waals surface area contributed by atoms with Crippen molar-refractivity contribution in [3.63, 3.8) is 0 Å². The normalized spacial score (nSPS) is 13.3. The lowest BCUT2D eigenvalue weighted by molar-refractivity contribution is 1.50. The smallest absolute Gasteiger partial charge is 0.00792 e. The molecular weight excluding hydrogens is 228 g/mol. The molecule has 0 heteroatoms. The van der Waals surface area contributed by atoms with Crippen LogP contribution in [0.4, 0.5) is 0 Å². The molecule has 0 amide bonds. The first-order chi connectivity index (χ1) is 8.70. The Balaban J connectivity index is 0.00000103. The third kappa shape index (κ3) is 2.96. The molecule has 2 rings (SSSR count). The highest BCUT2D eigenvalue weighted by atomic mass is 14.3. The predicted molar refractivity (Wildman–Crippen MR) is 90.1 cm³/mol. The molecular formula is C19H26. The highest BCUT2D eigenvalue weighted by molar-refractivity contribution is 6.02. The summed E-state index contributed by atoms with van der Waals surface area (Å²) in [7, 11) is 0. The molecule has 1 aliphatic rings.